The number of hydrogen-bond donors (Lipinski definition) is 2. The second-order valence-electron chi connectivity index (χ2n) is 3.62. The van der Waals surface area contributed by atoms with Crippen molar-refractivity contribution in [2.75, 3.05) is 0 Å². The Morgan fingerprint density at radius 2 is 2.00 bits per heavy atom. The third-order valence-corrected chi connectivity index (χ3v) is 5.07. The zero-order chi connectivity index (χ0) is 14.8. The lowest BCUT2D eigenvalue weighted by atomic mass is 10.4. The van der Waals surface area contributed by atoms with Crippen LogP contribution in [0.2, 0.25) is 0 Å². The van der Waals surface area contributed by atoms with Crippen LogP contribution in [0.4, 0.5) is 4.39 Å². The van der Waals surface area contributed by atoms with Crippen LogP contribution >= 0.6 is 27.3 Å². The molecule has 0 aliphatic rings. The summed E-state index contributed by atoms with van der Waals surface area (Å²) in [7, 11) is -4.01. The van der Waals surface area contributed by atoms with Gasteiger partial charge in [-0.2, -0.15) is 0 Å². The predicted molar refractivity (Wildman–Crippen MR) is 76.2 cm³/mol. The van der Waals surface area contributed by atoms with Gasteiger partial charge in [-0.3, -0.25) is 10.2 Å². The van der Waals surface area contributed by atoms with Gasteiger partial charge in [0.25, 0.3) is 15.9 Å². The van der Waals surface area contributed by atoms with Gasteiger partial charge in [-0.15, -0.1) is 16.2 Å². The van der Waals surface area contributed by atoms with Gasteiger partial charge in [0, 0.05) is 0 Å². The minimum atomic E-state index is -4.01. The lowest BCUT2D eigenvalue weighted by Crippen LogP contribution is -2.41. The van der Waals surface area contributed by atoms with E-state index in [9.17, 15) is 17.6 Å². The molecule has 106 valence electrons. The monoisotopic (exact) mass is 378 g/mol. The highest BCUT2D eigenvalue weighted by molar-refractivity contribution is 9.11. The molecule has 20 heavy (non-hydrogen) atoms. The summed E-state index contributed by atoms with van der Waals surface area (Å²) in [5.41, 5.74) is 2.06. The maximum Gasteiger partial charge on any atom is 0.276 e. The number of rotatable bonds is 4. The number of halogens is 2. The Kier molecular flexibility index (Phi) is 4.53. The van der Waals surface area contributed by atoms with E-state index in [-0.39, 0.29) is 4.90 Å². The first-order valence-corrected chi connectivity index (χ1v) is 8.31. The molecule has 0 atom stereocenters. The normalized spacial score (nSPS) is 11.3. The lowest BCUT2D eigenvalue weighted by Gasteiger charge is -2.07. The standard InChI is InChI=1S/C11H8BrFN2O3S2/c12-10-5-4-9(19-10)11(16)14-15-20(17,18)8-3-1-2-7(13)6-8/h1-6,15H,(H,14,16). The van der Waals surface area contributed by atoms with Crippen LogP contribution in [0.25, 0.3) is 0 Å². The van der Waals surface area contributed by atoms with Gasteiger partial charge >= 0.3 is 0 Å². The predicted octanol–water partition coefficient (Wildman–Crippen LogP) is 2.27. The van der Waals surface area contributed by atoms with Gasteiger partial charge in [0.1, 0.15) is 5.82 Å². The average Bonchev–Trinajstić information content (AvgIpc) is 2.83. The molecular weight excluding hydrogens is 371 g/mol. The van der Waals surface area contributed by atoms with E-state index in [2.05, 4.69) is 21.4 Å². The van der Waals surface area contributed by atoms with E-state index in [1.807, 2.05) is 4.83 Å². The van der Waals surface area contributed by atoms with Crippen molar-refractivity contribution in [1.29, 1.82) is 0 Å². The van der Waals surface area contributed by atoms with Crippen LogP contribution in [-0.2, 0) is 10.0 Å². The minimum Gasteiger partial charge on any atom is -0.273 e. The lowest BCUT2D eigenvalue weighted by molar-refractivity contribution is 0.0949. The highest BCUT2D eigenvalue weighted by atomic mass is 79.9. The number of hydrogen-bond acceptors (Lipinski definition) is 4. The highest BCUT2D eigenvalue weighted by Gasteiger charge is 2.16. The second-order valence-corrected chi connectivity index (χ2v) is 7.77. The number of hydrazine groups is 1. The van der Waals surface area contributed by atoms with Gasteiger partial charge in [0.15, 0.2) is 0 Å². The molecule has 5 nitrogen and oxygen atoms in total. The molecule has 2 N–H and O–H groups in total. The molecule has 0 aliphatic carbocycles. The molecule has 0 spiro atoms. The number of carbonyl (C=O) groups excluding carboxylic acids is 1. The van der Waals surface area contributed by atoms with Gasteiger partial charge in [0.05, 0.1) is 13.6 Å². The van der Waals surface area contributed by atoms with E-state index in [1.165, 1.54) is 12.1 Å². The van der Waals surface area contributed by atoms with Gasteiger partial charge in [-0.25, -0.2) is 12.8 Å². The van der Waals surface area contributed by atoms with E-state index in [0.717, 1.165) is 27.3 Å². The van der Waals surface area contributed by atoms with Gasteiger partial charge in [-0.1, -0.05) is 6.07 Å². The SMILES string of the molecule is O=C(NNS(=O)(=O)c1cccc(F)c1)c1ccc(Br)s1. The van der Waals surface area contributed by atoms with Gasteiger partial charge in [-0.05, 0) is 46.3 Å². The zero-order valence-electron chi connectivity index (χ0n) is 9.76. The molecule has 1 amide bonds. The minimum absolute atomic E-state index is 0.273. The fraction of sp³-hybridized carbons (Fsp3) is 0. The van der Waals surface area contributed by atoms with Crippen LogP contribution < -0.4 is 10.3 Å². The van der Waals surface area contributed by atoms with Crippen LogP contribution in [0.3, 0.4) is 0 Å². The molecule has 0 bridgehead atoms. The first kappa shape index (κ1) is 15.1. The zero-order valence-corrected chi connectivity index (χ0v) is 13.0. The van der Waals surface area contributed by atoms with Crippen molar-refractivity contribution in [2.24, 2.45) is 0 Å². The summed E-state index contributed by atoms with van der Waals surface area (Å²) < 4.78 is 37.4. The third kappa shape index (κ3) is 3.63. The number of nitrogens with one attached hydrogen (secondary N) is 2. The molecule has 1 aromatic heterocycles. The summed E-state index contributed by atoms with van der Waals surface area (Å²) in [5.74, 6) is -1.28. The first-order valence-electron chi connectivity index (χ1n) is 5.21. The molecule has 0 saturated carbocycles. The van der Waals surface area contributed by atoms with Crippen molar-refractivity contribution in [1.82, 2.24) is 10.3 Å². The van der Waals surface area contributed by atoms with E-state index >= 15 is 0 Å². The largest absolute Gasteiger partial charge is 0.276 e. The fourth-order valence-corrected chi connectivity index (χ4v) is 3.46. The van der Waals surface area contributed by atoms with E-state index in [4.69, 9.17) is 0 Å². The van der Waals surface area contributed by atoms with Crippen LogP contribution in [0.5, 0.6) is 0 Å². The summed E-state index contributed by atoms with van der Waals surface area (Å²) in [6, 6.07) is 7.68. The summed E-state index contributed by atoms with van der Waals surface area (Å²) >= 11 is 4.35. The third-order valence-electron chi connectivity index (χ3n) is 2.20. The number of thiophene rings is 1. The van der Waals surface area contributed by atoms with Crippen molar-refractivity contribution in [3.63, 3.8) is 0 Å². The molecule has 0 radical (unpaired) electrons. The Hall–Kier alpha value is -1.29. The second kappa shape index (κ2) is 6.00. The number of sulfonamides is 1. The smallest absolute Gasteiger partial charge is 0.273 e. The molecule has 2 aromatic rings. The first-order chi connectivity index (χ1) is 9.38. The van der Waals surface area contributed by atoms with Crippen molar-refractivity contribution >= 4 is 43.2 Å². The van der Waals surface area contributed by atoms with E-state index in [1.54, 1.807) is 12.1 Å². The van der Waals surface area contributed by atoms with E-state index < -0.39 is 21.7 Å². The maximum atomic E-state index is 13.0. The summed E-state index contributed by atoms with van der Waals surface area (Å²) in [6.45, 7) is 0. The molecule has 0 saturated heterocycles. The van der Waals surface area contributed by atoms with Gasteiger partial charge < -0.3 is 0 Å². The topological polar surface area (TPSA) is 75.3 Å². The van der Waals surface area contributed by atoms with Crippen molar-refractivity contribution in [3.05, 3.63) is 50.9 Å². The highest BCUT2D eigenvalue weighted by Crippen LogP contribution is 2.21. The maximum absolute atomic E-state index is 13.0. The Morgan fingerprint density at radius 3 is 2.60 bits per heavy atom. The fourth-order valence-electron chi connectivity index (χ4n) is 1.30. The molecular formula is C11H8BrFN2O3S2. The summed E-state index contributed by atoms with van der Waals surface area (Å²) in [4.78, 5) is 13.6. The van der Waals surface area contributed by atoms with E-state index in [0.29, 0.717) is 4.88 Å². The molecule has 0 aliphatic heterocycles. The molecule has 1 heterocycles. The number of amides is 1. The quantitative estimate of drug-likeness (QED) is 0.801. The summed E-state index contributed by atoms with van der Waals surface area (Å²) in [6.07, 6.45) is 0. The molecule has 2 rings (SSSR count). The van der Waals surface area contributed by atoms with Crippen LogP contribution in [-0.4, -0.2) is 14.3 Å². The van der Waals surface area contributed by atoms with Crippen molar-refractivity contribution in [3.8, 4) is 0 Å². The molecule has 9 heteroatoms. The molecule has 0 fully saturated rings. The number of carbonyl (C=O) groups is 1. The number of benzene rings is 1. The summed E-state index contributed by atoms with van der Waals surface area (Å²) in [5, 5.41) is 0. The van der Waals surface area contributed by atoms with Crippen molar-refractivity contribution in [2.45, 2.75) is 4.90 Å². The Morgan fingerprint density at radius 1 is 1.25 bits per heavy atom. The van der Waals surface area contributed by atoms with Crippen LogP contribution in [0, 0.1) is 5.82 Å². The Balaban J connectivity index is 2.08. The average molecular weight is 379 g/mol. The molecule has 0 unspecified atom stereocenters. The Labute approximate surface area is 127 Å². The van der Waals surface area contributed by atoms with Crippen LogP contribution in [0.15, 0.2) is 45.1 Å². The van der Waals surface area contributed by atoms with Crippen molar-refractivity contribution < 1.29 is 17.6 Å². The van der Waals surface area contributed by atoms with Crippen LogP contribution in [0.1, 0.15) is 9.67 Å². The molecule has 1 aromatic carbocycles. The van der Waals surface area contributed by atoms with Gasteiger partial charge in [0.2, 0.25) is 0 Å². The Bertz CT molecular complexity index is 746.